The highest BCUT2D eigenvalue weighted by Crippen LogP contribution is 2.44. The summed E-state index contributed by atoms with van der Waals surface area (Å²) in [6.45, 7) is 5.48. The van der Waals surface area contributed by atoms with E-state index in [-0.39, 0.29) is 0 Å². The summed E-state index contributed by atoms with van der Waals surface area (Å²) in [5.74, 6) is 3.75. The fourth-order valence-corrected chi connectivity index (χ4v) is 5.85. The summed E-state index contributed by atoms with van der Waals surface area (Å²) >= 11 is 0. The molecular weight excluding hydrogens is 550 g/mol. The number of nitrogens with one attached hydrogen (secondary N) is 3. The molecule has 44 heavy (non-hydrogen) atoms. The van der Waals surface area contributed by atoms with Gasteiger partial charge >= 0.3 is 0 Å². The van der Waals surface area contributed by atoms with Crippen LogP contribution in [-0.2, 0) is 13.1 Å². The van der Waals surface area contributed by atoms with Crippen molar-refractivity contribution in [2.45, 2.75) is 32.4 Å². The van der Waals surface area contributed by atoms with Crippen LogP contribution in [0.15, 0.2) is 60.9 Å². The Hall–Kier alpha value is -4.32. The summed E-state index contributed by atoms with van der Waals surface area (Å²) in [5, 5.41) is 10.7. The summed E-state index contributed by atoms with van der Waals surface area (Å²) in [5.41, 5.74) is 6.45. The van der Waals surface area contributed by atoms with Gasteiger partial charge in [-0.25, -0.2) is 19.9 Å². The van der Waals surface area contributed by atoms with Crippen LogP contribution in [0.3, 0.4) is 0 Å². The maximum atomic E-state index is 4.93. The van der Waals surface area contributed by atoms with Crippen LogP contribution in [0.5, 0.6) is 0 Å². The van der Waals surface area contributed by atoms with Gasteiger partial charge in [-0.2, -0.15) is 0 Å². The highest BCUT2D eigenvalue weighted by molar-refractivity contribution is 5.89. The fourth-order valence-electron chi connectivity index (χ4n) is 5.85. The molecule has 0 amide bonds. The first-order valence-electron chi connectivity index (χ1n) is 15.5. The molecule has 0 saturated carbocycles. The van der Waals surface area contributed by atoms with E-state index in [9.17, 15) is 0 Å². The van der Waals surface area contributed by atoms with E-state index in [1.165, 1.54) is 0 Å². The van der Waals surface area contributed by atoms with E-state index in [1.807, 2.05) is 38.6 Å². The molecule has 230 valence electrons. The third kappa shape index (κ3) is 6.17. The molecule has 2 aliphatic rings. The number of nitrogens with zero attached hydrogens (tertiary/aromatic N) is 8. The van der Waals surface area contributed by atoms with Crippen LogP contribution in [0.4, 0.5) is 46.0 Å². The Balaban J connectivity index is 0.836. The first-order valence-corrected chi connectivity index (χ1v) is 15.5. The lowest BCUT2D eigenvalue weighted by Crippen LogP contribution is -2.27. The van der Waals surface area contributed by atoms with Crippen molar-refractivity contribution in [3.05, 3.63) is 72.3 Å². The maximum absolute atomic E-state index is 4.93. The van der Waals surface area contributed by atoms with Crippen LogP contribution >= 0.6 is 0 Å². The molecule has 0 atom stereocenters. The van der Waals surface area contributed by atoms with E-state index in [1.54, 1.807) is 0 Å². The molecule has 11 nitrogen and oxygen atoms in total. The number of hydrogen-bond acceptors (Lipinski definition) is 11. The van der Waals surface area contributed by atoms with Crippen molar-refractivity contribution in [1.82, 2.24) is 35.9 Å². The molecular formula is C33H43N11. The minimum Gasteiger partial charge on any atom is -0.339 e. The second-order valence-corrected chi connectivity index (χ2v) is 11.4. The number of hydrogen-bond donors (Lipinski definition) is 3. The van der Waals surface area contributed by atoms with Crippen molar-refractivity contribution >= 4 is 46.0 Å². The summed E-state index contributed by atoms with van der Waals surface area (Å²) in [6, 6.07) is 16.7. The topological polar surface area (TPSA) is 101 Å². The summed E-state index contributed by atoms with van der Waals surface area (Å²) in [4.78, 5) is 27.4. The quantitative estimate of drug-likeness (QED) is 0.190. The van der Waals surface area contributed by atoms with Crippen molar-refractivity contribution < 1.29 is 0 Å². The van der Waals surface area contributed by atoms with Crippen molar-refractivity contribution in [3.63, 3.8) is 0 Å². The van der Waals surface area contributed by atoms with Gasteiger partial charge in [0.1, 0.15) is 0 Å². The Morgan fingerprint density at radius 1 is 0.477 bits per heavy atom. The average Bonchev–Trinajstić information content (AvgIpc) is 3.06. The first-order chi connectivity index (χ1) is 21.5. The Labute approximate surface area is 260 Å². The number of pyridine rings is 4. The minimum atomic E-state index is 0.752. The molecule has 6 heterocycles. The molecule has 6 rings (SSSR count). The van der Waals surface area contributed by atoms with Gasteiger partial charge in [-0.1, -0.05) is 0 Å². The zero-order chi connectivity index (χ0) is 30.5. The van der Waals surface area contributed by atoms with Crippen molar-refractivity contribution in [2.75, 3.05) is 74.0 Å². The Morgan fingerprint density at radius 2 is 0.909 bits per heavy atom. The number of fused-ring (bicyclic) bond motifs is 4. The van der Waals surface area contributed by atoms with Crippen LogP contribution in [0.2, 0.25) is 0 Å². The molecule has 0 unspecified atom stereocenters. The monoisotopic (exact) mass is 593 g/mol. The molecule has 0 bridgehead atoms. The van der Waals surface area contributed by atoms with Crippen molar-refractivity contribution in [2.24, 2.45) is 0 Å². The van der Waals surface area contributed by atoms with Crippen molar-refractivity contribution in [3.8, 4) is 0 Å². The fraction of sp³-hybridized carbons (Fsp3) is 0.394. The molecule has 11 heteroatoms. The Morgan fingerprint density at radius 3 is 1.43 bits per heavy atom. The zero-order valence-electron chi connectivity index (χ0n) is 26.2. The molecule has 0 fully saturated rings. The predicted octanol–water partition coefficient (Wildman–Crippen LogP) is 4.60. The molecule has 4 aromatic heterocycles. The highest BCUT2D eigenvalue weighted by atomic mass is 15.3. The summed E-state index contributed by atoms with van der Waals surface area (Å²) in [7, 11) is 8.20. The standard InChI is InChI=1S/C33H43N11/c1-41-26-10-7-20-37-30(26)43(3)32-28(41)14-12-24(39-32)22-35-17-6-5-16-34-18-9-19-36-23-25-13-15-29-33(40-25)44(4)31-27(42(29)2)11-8-21-38-31/h7-8,10-15,20-21,34-36H,5-6,9,16-19,22-23H2,1-4H3. The van der Waals surface area contributed by atoms with Gasteiger partial charge in [0.15, 0.2) is 23.3 Å². The van der Waals surface area contributed by atoms with Crippen LogP contribution < -0.4 is 35.6 Å². The van der Waals surface area contributed by atoms with E-state index in [0.717, 1.165) is 116 Å². The van der Waals surface area contributed by atoms with E-state index in [2.05, 4.69) is 96.0 Å². The average molecular weight is 594 g/mol. The normalized spacial score (nSPS) is 13.5. The van der Waals surface area contributed by atoms with Crippen LogP contribution in [-0.4, -0.2) is 74.3 Å². The second kappa shape index (κ2) is 13.5. The largest absolute Gasteiger partial charge is 0.339 e. The van der Waals surface area contributed by atoms with E-state index in [0.29, 0.717) is 0 Å². The Bertz CT molecular complexity index is 1460. The van der Waals surface area contributed by atoms with Gasteiger partial charge in [-0.15, -0.1) is 0 Å². The lowest BCUT2D eigenvalue weighted by molar-refractivity contribution is 0.556. The molecule has 2 aliphatic heterocycles. The Kier molecular flexibility index (Phi) is 9.15. The van der Waals surface area contributed by atoms with Gasteiger partial charge in [0, 0.05) is 53.7 Å². The van der Waals surface area contributed by atoms with E-state index < -0.39 is 0 Å². The first kappa shape index (κ1) is 29.7. The van der Waals surface area contributed by atoms with Gasteiger partial charge in [0.2, 0.25) is 0 Å². The van der Waals surface area contributed by atoms with Crippen LogP contribution in [0.1, 0.15) is 30.7 Å². The number of unbranched alkanes of at least 4 members (excludes halogenated alkanes) is 1. The number of anilines is 8. The maximum Gasteiger partial charge on any atom is 0.158 e. The van der Waals surface area contributed by atoms with Crippen LogP contribution in [0, 0.1) is 0 Å². The third-order valence-corrected chi connectivity index (χ3v) is 8.35. The lowest BCUT2D eigenvalue weighted by atomic mass is 10.2. The van der Waals surface area contributed by atoms with Gasteiger partial charge in [0.25, 0.3) is 0 Å². The lowest BCUT2D eigenvalue weighted by Gasteiger charge is -2.34. The molecule has 0 saturated heterocycles. The molecule has 4 aromatic rings. The van der Waals surface area contributed by atoms with Gasteiger partial charge in [-0.3, -0.25) is 0 Å². The molecule has 0 aliphatic carbocycles. The van der Waals surface area contributed by atoms with E-state index >= 15 is 0 Å². The zero-order valence-corrected chi connectivity index (χ0v) is 26.2. The molecule has 0 aromatic carbocycles. The van der Waals surface area contributed by atoms with E-state index in [4.69, 9.17) is 9.97 Å². The van der Waals surface area contributed by atoms with Crippen LogP contribution in [0.25, 0.3) is 0 Å². The van der Waals surface area contributed by atoms with Gasteiger partial charge < -0.3 is 35.6 Å². The van der Waals surface area contributed by atoms with Gasteiger partial charge in [-0.05, 0) is 94.0 Å². The summed E-state index contributed by atoms with van der Waals surface area (Å²) in [6.07, 6.45) is 7.01. The SMILES string of the molecule is CN1c2cccnc2N(C)c2nc(CNCCCCNCCCNCc3ccc4c(n3)N(C)c3ncccc3N4C)ccc21. The molecule has 0 spiro atoms. The number of rotatable bonds is 13. The molecule has 3 N–H and O–H groups in total. The second-order valence-electron chi connectivity index (χ2n) is 11.4. The van der Waals surface area contributed by atoms with Crippen molar-refractivity contribution in [1.29, 1.82) is 0 Å². The predicted molar refractivity (Wildman–Crippen MR) is 179 cm³/mol. The highest BCUT2D eigenvalue weighted by Gasteiger charge is 2.27. The smallest absolute Gasteiger partial charge is 0.158 e. The summed E-state index contributed by atoms with van der Waals surface area (Å²) < 4.78 is 0. The minimum absolute atomic E-state index is 0.752. The number of aromatic nitrogens is 4. The molecule has 0 radical (unpaired) electrons. The van der Waals surface area contributed by atoms with Gasteiger partial charge in [0.05, 0.1) is 34.1 Å². The third-order valence-electron chi connectivity index (χ3n) is 8.35.